The van der Waals surface area contributed by atoms with E-state index in [-0.39, 0.29) is 37.0 Å². The summed E-state index contributed by atoms with van der Waals surface area (Å²) < 4.78 is 71.2. The Morgan fingerprint density at radius 1 is 0.975 bits per heavy atom. The van der Waals surface area contributed by atoms with E-state index in [2.05, 4.69) is 25.9 Å². The number of alkyl halides is 3. The van der Waals surface area contributed by atoms with Crippen molar-refractivity contribution in [2.24, 2.45) is 0 Å². The van der Waals surface area contributed by atoms with Gasteiger partial charge in [-0.25, -0.2) is 4.98 Å². The monoisotopic (exact) mass is 581 g/mol. The Morgan fingerprint density at radius 2 is 1.62 bits per heavy atom. The van der Waals surface area contributed by atoms with Gasteiger partial charge in [-0.3, -0.25) is 9.36 Å². The summed E-state index contributed by atoms with van der Waals surface area (Å²) in [7, 11) is -2.22. The standard InChI is InChI=1S/C26H31F3N5O5P/c1-5-37-24(40(36,38-6-2)39-7-3)17-12-14-18(15-13-17)32-25-31-16-20(26(27,28)29)22(34-25)33-21-11-9-8-10-19(21)23(35)30-4/h8-16,24H,5-7H2,1-4H3,(H,30,35)(H2,31,32,33,34). The maximum atomic E-state index is 13.7. The number of hydrogen-bond donors (Lipinski definition) is 3. The van der Waals surface area contributed by atoms with E-state index >= 15 is 0 Å². The van der Waals surface area contributed by atoms with E-state index in [1.807, 2.05) is 0 Å². The Hall–Kier alpha value is -3.51. The van der Waals surface area contributed by atoms with Crippen molar-refractivity contribution in [3.05, 3.63) is 71.4 Å². The van der Waals surface area contributed by atoms with Crippen LogP contribution in [0.3, 0.4) is 0 Å². The van der Waals surface area contributed by atoms with Crippen molar-refractivity contribution in [3.8, 4) is 0 Å². The molecule has 0 spiro atoms. The third-order valence-electron chi connectivity index (χ3n) is 5.43. The van der Waals surface area contributed by atoms with Gasteiger partial charge in [0.2, 0.25) is 5.95 Å². The van der Waals surface area contributed by atoms with Crippen LogP contribution in [0.4, 0.5) is 36.3 Å². The zero-order chi connectivity index (χ0) is 29.3. The Bertz CT molecular complexity index is 1330. The summed E-state index contributed by atoms with van der Waals surface area (Å²) in [5, 5.41) is 7.93. The second kappa shape index (κ2) is 13.7. The second-order valence-corrected chi connectivity index (χ2v) is 10.2. The highest BCUT2D eigenvalue weighted by atomic mass is 31.2. The van der Waals surface area contributed by atoms with Gasteiger partial charge in [-0.05, 0) is 50.6 Å². The largest absolute Gasteiger partial charge is 0.421 e. The Kier molecular flexibility index (Phi) is 10.6. The van der Waals surface area contributed by atoms with Crippen molar-refractivity contribution in [1.29, 1.82) is 0 Å². The van der Waals surface area contributed by atoms with Crippen LogP contribution in [0.15, 0.2) is 54.7 Å². The zero-order valence-electron chi connectivity index (χ0n) is 22.4. The smallest absolute Gasteiger partial charge is 0.361 e. The minimum absolute atomic E-state index is 0.128. The van der Waals surface area contributed by atoms with Crippen LogP contribution in [-0.4, -0.2) is 42.7 Å². The molecule has 14 heteroatoms. The van der Waals surface area contributed by atoms with Crippen molar-refractivity contribution in [3.63, 3.8) is 0 Å². The van der Waals surface area contributed by atoms with Gasteiger partial charge in [-0.15, -0.1) is 0 Å². The van der Waals surface area contributed by atoms with Crippen LogP contribution in [-0.2, 0) is 24.5 Å². The van der Waals surface area contributed by atoms with E-state index in [9.17, 15) is 22.5 Å². The van der Waals surface area contributed by atoms with Crippen LogP contribution in [0.1, 0.15) is 48.1 Å². The molecular formula is C26H31F3N5O5P. The SMILES string of the molecule is CCOC(c1ccc(Nc2ncc(C(F)(F)F)c(Nc3ccccc3C(=O)NC)n2)cc1)P(=O)(OCC)OCC. The Morgan fingerprint density at radius 3 is 2.20 bits per heavy atom. The number of anilines is 4. The van der Waals surface area contributed by atoms with E-state index in [1.165, 1.54) is 19.2 Å². The predicted octanol–water partition coefficient (Wildman–Crippen LogP) is 6.64. The van der Waals surface area contributed by atoms with Crippen molar-refractivity contribution < 1.29 is 36.3 Å². The highest BCUT2D eigenvalue weighted by Crippen LogP contribution is 2.61. The van der Waals surface area contributed by atoms with Crippen LogP contribution in [0, 0.1) is 0 Å². The van der Waals surface area contributed by atoms with Gasteiger partial charge in [-0.1, -0.05) is 24.3 Å². The summed E-state index contributed by atoms with van der Waals surface area (Å²) in [6.45, 7) is 5.74. The maximum absolute atomic E-state index is 13.7. The molecule has 3 aromatic rings. The molecule has 3 N–H and O–H groups in total. The number of amides is 1. The number of rotatable bonds is 13. The summed E-state index contributed by atoms with van der Waals surface area (Å²) in [5.74, 6) is -2.11. The molecule has 0 saturated carbocycles. The minimum Gasteiger partial charge on any atom is -0.361 e. The van der Waals surface area contributed by atoms with E-state index in [4.69, 9.17) is 13.8 Å². The molecule has 0 fully saturated rings. The molecular weight excluding hydrogens is 550 g/mol. The minimum atomic E-state index is -4.76. The number of halogens is 3. The molecule has 0 bridgehead atoms. The summed E-state index contributed by atoms with van der Waals surface area (Å²) in [6.07, 6.45) is -4.10. The van der Waals surface area contributed by atoms with Crippen LogP contribution in [0.25, 0.3) is 0 Å². The predicted molar refractivity (Wildman–Crippen MR) is 145 cm³/mol. The Balaban J connectivity index is 1.92. The molecule has 1 amide bonds. The lowest BCUT2D eigenvalue weighted by Gasteiger charge is -2.26. The molecule has 1 aromatic heterocycles. The van der Waals surface area contributed by atoms with Gasteiger partial charge in [0.25, 0.3) is 5.91 Å². The summed E-state index contributed by atoms with van der Waals surface area (Å²) in [6, 6.07) is 12.6. The van der Waals surface area contributed by atoms with Crippen molar-refractivity contribution in [2.45, 2.75) is 32.8 Å². The molecule has 1 atom stereocenters. The van der Waals surface area contributed by atoms with Crippen LogP contribution < -0.4 is 16.0 Å². The van der Waals surface area contributed by atoms with Crippen molar-refractivity contribution in [1.82, 2.24) is 15.3 Å². The van der Waals surface area contributed by atoms with E-state index in [1.54, 1.807) is 57.2 Å². The first-order valence-electron chi connectivity index (χ1n) is 12.5. The average molecular weight is 582 g/mol. The fourth-order valence-electron chi connectivity index (χ4n) is 3.72. The lowest BCUT2D eigenvalue weighted by Crippen LogP contribution is -2.20. The highest BCUT2D eigenvalue weighted by molar-refractivity contribution is 7.54. The maximum Gasteiger partial charge on any atom is 0.421 e. The Labute approximate surface area is 230 Å². The van der Waals surface area contributed by atoms with Gasteiger partial charge in [0.05, 0.1) is 24.5 Å². The van der Waals surface area contributed by atoms with E-state index in [0.29, 0.717) is 17.4 Å². The van der Waals surface area contributed by atoms with E-state index in [0.717, 1.165) is 0 Å². The van der Waals surface area contributed by atoms with Gasteiger partial charge >= 0.3 is 13.8 Å². The third-order valence-corrected chi connectivity index (χ3v) is 7.69. The van der Waals surface area contributed by atoms with E-state index < -0.39 is 36.9 Å². The van der Waals surface area contributed by atoms with Crippen molar-refractivity contribution >= 4 is 36.6 Å². The van der Waals surface area contributed by atoms with Crippen LogP contribution in [0.2, 0.25) is 0 Å². The van der Waals surface area contributed by atoms with Gasteiger partial charge in [0.1, 0.15) is 11.4 Å². The number of para-hydroxylation sites is 1. The van der Waals surface area contributed by atoms with Crippen molar-refractivity contribution in [2.75, 3.05) is 37.5 Å². The summed E-state index contributed by atoms with van der Waals surface area (Å²) in [4.78, 5) is 20.1. The fraction of sp³-hybridized carbons (Fsp3) is 0.346. The lowest BCUT2D eigenvalue weighted by molar-refractivity contribution is -0.137. The van der Waals surface area contributed by atoms with Gasteiger partial charge < -0.3 is 29.7 Å². The number of nitrogens with one attached hydrogen (secondary N) is 3. The molecule has 1 unspecified atom stereocenters. The lowest BCUT2D eigenvalue weighted by atomic mass is 10.1. The molecule has 40 heavy (non-hydrogen) atoms. The quantitative estimate of drug-likeness (QED) is 0.191. The molecule has 10 nitrogen and oxygen atoms in total. The molecule has 2 aromatic carbocycles. The highest BCUT2D eigenvalue weighted by Gasteiger charge is 2.38. The number of carbonyl (C=O) groups excluding carboxylic acids is 1. The number of ether oxygens (including phenoxy) is 1. The first-order valence-corrected chi connectivity index (χ1v) is 14.1. The molecule has 0 saturated heterocycles. The molecule has 1 heterocycles. The molecule has 0 radical (unpaired) electrons. The zero-order valence-corrected chi connectivity index (χ0v) is 23.3. The molecule has 0 aliphatic rings. The summed E-state index contributed by atoms with van der Waals surface area (Å²) >= 11 is 0. The third kappa shape index (κ3) is 7.57. The number of benzene rings is 2. The van der Waals surface area contributed by atoms with Crippen LogP contribution in [0.5, 0.6) is 0 Å². The van der Waals surface area contributed by atoms with Gasteiger partial charge in [0.15, 0.2) is 5.85 Å². The first-order chi connectivity index (χ1) is 19.1. The second-order valence-electron chi connectivity index (χ2n) is 8.13. The first kappa shape index (κ1) is 31.0. The average Bonchev–Trinajstić information content (AvgIpc) is 2.92. The normalized spacial score (nSPS) is 12.6. The number of aromatic nitrogens is 2. The number of carbonyl (C=O) groups is 1. The topological polar surface area (TPSA) is 124 Å². The van der Waals surface area contributed by atoms with Gasteiger partial charge in [0, 0.05) is 25.5 Å². The molecule has 0 aliphatic carbocycles. The van der Waals surface area contributed by atoms with Gasteiger partial charge in [-0.2, -0.15) is 18.2 Å². The number of hydrogen-bond acceptors (Lipinski definition) is 9. The fourth-order valence-corrected chi connectivity index (χ4v) is 5.65. The summed E-state index contributed by atoms with van der Waals surface area (Å²) in [5.41, 5.74) is 0.137. The molecule has 216 valence electrons. The van der Waals surface area contributed by atoms with Crippen LogP contribution >= 0.6 is 7.60 Å². The molecule has 0 aliphatic heterocycles. The number of nitrogens with zero attached hydrogens (tertiary/aromatic N) is 2. The molecule has 3 rings (SSSR count).